The van der Waals surface area contributed by atoms with Gasteiger partial charge in [-0.1, -0.05) is 24.3 Å². The number of hydrogen-bond donors (Lipinski definition) is 1. The number of phenols is 1. The molecule has 0 aliphatic heterocycles. The van der Waals surface area contributed by atoms with Crippen LogP contribution < -0.4 is 4.74 Å². The summed E-state index contributed by atoms with van der Waals surface area (Å²) in [5.41, 5.74) is 1.11. The van der Waals surface area contributed by atoms with Gasteiger partial charge in [-0.15, -0.1) is 0 Å². The first-order valence-electron chi connectivity index (χ1n) is 7.54. The highest BCUT2D eigenvalue weighted by Crippen LogP contribution is 2.26. The van der Waals surface area contributed by atoms with E-state index in [9.17, 15) is 14.7 Å². The molecule has 0 aliphatic carbocycles. The number of benzene rings is 2. The molecule has 0 spiro atoms. The Morgan fingerprint density at radius 2 is 1.76 bits per heavy atom. The van der Waals surface area contributed by atoms with Crippen LogP contribution >= 0.6 is 0 Å². The van der Waals surface area contributed by atoms with Crippen LogP contribution in [0.1, 0.15) is 15.9 Å². The first kappa shape index (κ1) is 18.1. The summed E-state index contributed by atoms with van der Waals surface area (Å²) >= 11 is 0. The molecule has 0 saturated heterocycles. The molecule has 130 valence electrons. The van der Waals surface area contributed by atoms with Gasteiger partial charge in [0.25, 0.3) is 0 Å². The van der Waals surface area contributed by atoms with Crippen LogP contribution in [0.5, 0.6) is 11.5 Å². The van der Waals surface area contributed by atoms with Crippen molar-refractivity contribution in [3.05, 3.63) is 65.7 Å². The number of hydrogen-bond acceptors (Lipinski definition) is 6. The molecule has 0 radical (unpaired) electrons. The van der Waals surface area contributed by atoms with Crippen molar-refractivity contribution < 1.29 is 28.9 Å². The predicted octanol–water partition coefficient (Wildman–Crippen LogP) is 2.81. The molecular formula is C19H18O6. The Balaban J connectivity index is 1.74. The van der Waals surface area contributed by atoms with E-state index >= 15 is 0 Å². The van der Waals surface area contributed by atoms with Crippen molar-refractivity contribution in [1.82, 2.24) is 0 Å². The summed E-state index contributed by atoms with van der Waals surface area (Å²) in [7, 11) is 1.44. The fraction of sp³-hybridized carbons (Fsp3) is 0.158. The molecule has 0 heterocycles. The lowest BCUT2D eigenvalue weighted by Gasteiger charge is -2.05. The highest BCUT2D eigenvalue weighted by Gasteiger charge is 2.06. The number of phenolic OH excluding ortho intramolecular Hbond substituents is 1. The molecule has 0 aromatic heterocycles. The van der Waals surface area contributed by atoms with E-state index in [1.165, 1.54) is 25.3 Å². The van der Waals surface area contributed by atoms with Gasteiger partial charge in [0.05, 0.1) is 12.7 Å². The third kappa shape index (κ3) is 5.69. The molecule has 2 rings (SSSR count). The Kier molecular flexibility index (Phi) is 6.59. The molecule has 6 heteroatoms. The molecule has 0 saturated carbocycles. The Labute approximate surface area is 145 Å². The molecule has 0 aliphatic rings. The number of methoxy groups -OCH3 is 1. The van der Waals surface area contributed by atoms with Crippen LogP contribution in [0.2, 0.25) is 0 Å². The van der Waals surface area contributed by atoms with Crippen LogP contribution in [0, 0.1) is 0 Å². The first-order valence-corrected chi connectivity index (χ1v) is 7.54. The van der Waals surface area contributed by atoms with Gasteiger partial charge in [0, 0.05) is 6.08 Å². The lowest BCUT2D eigenvalue weighted by Crippen LogP contribution is -2.12. The Hall–Kier alpha value is -3.28. The van der Waals surface area contributed by atoms with E-state index in [0.717, 1.165) is 0 Å². The number of aromatic hydroxyl groups is 1. The molecule has 0 amide bonds. The summed E-state index contributed by atoms with van der Waals surface area (Å²) < 4.78 is 14.9. The molecule has 6 nitrogen and oxygen atoms in total. The minimum absolute atomic E-state index is 0.0162. The molecule has 2 aromatic rings. The Bertz CT molecular complexity index is 752. The van der Waals surface area contributed by atoms with Crippen molar-refractivity contribution in [2.45, 2.75) is 0 Å². The maximum Gasteiger partial charge on any atom is 0.338 e. The van der Waals surface area contributed by atoms with E-state index in [1.54, 1.807) is 42.5 Å². The normalized spacial score (nSPS) is 10.4. The van der Waals surface area contributed by atoms with Crippen molar-refractivity contribution in [3.8, 4) is 11.5 Å². The largest absolute Gasteiger partial charge is 0.504 e. The third-order valence-corrected chi connectivity index (χ3v) is 3.19. The number of rotatable bonds is 7. The van der Waals surface area contributed by atoms with Crippen molar-refractivity contribution in [1.29, 1.82) is 0 Å². The van der Waals surface area contributed by atoms with Crippen LogP contribution in [0.3, 0.4) is 0 Å². The van der Waals surface area contributed by atoms with Gasteiger partial charge in [-0.05, 0) is 35.9 Å². The average molecular weight is 342 g/mol. The lowest BCUT2D eigenvalue weighted by molar-refractivity contribution is -0.138. The van der Waals surface area contributed by atoms with Crippen molar-refractivity contribution in [3.63, 3.8) is 0 Å². The Morgan fingerprint density at radius 1 is 1.04 bits per heavy atom. The zero-order valence-corrected chi connectivity index (χ0v) is 13.7. The van der Waals surface area contributed by atoms with Crippen LogP contribution in [0.4, 0.5) is 0 Å². The van der Waals surface area contributed by atoms with Gasteiger partial charge in [-0.3, -0.25) is 0 Å². The van der Waals surface area contributed by atoms with Crippen LogP contribution in [0.25, 0.3) is 6.08 Å². The fourth-order valence-electron chi connectivity index (χ4n) is 1.94. The minimum atomic E-state index is -0.567. The summed E-state index contributed by atoms with van der Waals surface area (Å²) in [5, 5.41) is 9.50. The van der Waals surface area contributed by atoms with Crippen molar-refractivity contribution >= 4 is 18.0 Å². The average Bonchev–Trinajstić information content (AvgIpc) is 2.65. The summed E-state index contributed by atoms with van der Waals surface area (Å²) in [6, 6.07) is 13.2. The molecule has 0 fully saturated rings. The molecule has 0 unspecified atom stereocenters. The zero-order valence-electron chi connectivity index (χ0n) is 13.7. The van der Waals surface area contributed by atoms with E-state index in [-0.39, 0.29) is 19.0 Å². The van der Waals surface area contributed by atoms with Gasteiger partial charge < -0.3 is 19.3 Å². The smallest absolute Gasteiger partial charge is 0.338 e. The maximum atomic E-state index is 11.7. The van der Waals surface area contributed by atoms with Crippen LogP contribution in [0.15, 0.2) is 54.6 Å². The third-order valence-electron chi connectivity index (χ3n) is 3.19. The highest BCUT2D eigenvalue weighted by atomic mass is 16.6. The monoisotopic (exact) mass is 342 g/mol. The molecule has 2 aromatic carbocycles. The quantitative estimate of drug-likeness (QED) is 0.473. The summed E-state index contributed by atoms with van der Waals surface area (Å²) in [6.45, 7) is -0.0685. The second-order valence-electron chi connectivity index (χ2n) is 4.93. The standard InChI is InChI=1S/C19H18O6/c1-23-17-13-14(7-9-16(17)20)8-10-18(21)24-11-12-25-19(22)15-5-3-2-4-6-15/h2-10,13,20H,11-12H2,1H3/b10-8+. The Morgan fingerprint density at radius 3 is 2.48 bits per heavy atom. The highest BCUT2D eigenvalue weighted by molar-refractivity contribution is 5.89. The number of esters is 2. The van der Waals surface area contributed by atoms with Crippen molar-refractivity contribution in [2.75, 3.05) is 20.3 Å². The maximum absolute atomic E-state index is 11.7. The predicted molar refractivity (Wildman–Crippen MR) is 91.4 cm³/mol. The van der Waals surface area contributed by atoms with E-state index in [4.69, 9.17) is 14.2 Å². The van der Waals surface area contributed by atoms with Gasteiger partial charge in [0.15, 0.2) is 11.5 Å². The topological polar surface area (TPSA) is 82.1 Å². The number of ether oxygens (including phenoxy) is 3. The van der Waals surface area contributed by atoms with Gasteiger partial charge in [-0.2, -0.15) is 0 Å². The minimum Gasteiger partial charge on any atom is -0.504 e. The molecule has 25 heavy (non-hydrogen) atoms. The summed E-state index contributed by atoms with van der Waals surface area (Å²) in [6.07, 6.45) is 2.77. The SMILES string of the molecule is COc1cc(/C=C/C(=O)OCCOC(=O)c2ccccc2)ccc1O. The molecule has 0 atom stereocenters. The van der Waals surface area contributed by atoms with Gasteiger partial charge >= 0.3 is 11.9 Å². The van der Waals surface area contributed by atoms with Gasteiger partial charge in [0.1, 0.15) is 13.2 Å². The fourth-order valence-corrected chi connectivity index (χ4v) is 1.94. The first-order chi connectivity index (χ1) is 12.1. The van der Waals surface area contributed by atoms with E-state index in [0.29, 0.717) is 16.9 Å². The molecular weight excluding hydrogens is 324 g/mol. The van der Waals surface area contributed by atoms with Crippen molar-refractivity contribution in [2.24, 2.45) is 0 Å². The molecule has 1 N–H and O–H groups in total. The summed E-state index contributed by atoms with van der Waals surface area (Å²) in [4.78, 5) is 23.3. The lowest BCUT2D eigenvalue weighted by atomic mass is 10.2. The summed E-state index contributed by atoms with van der Waals surface area (Å²) in [5.74, 6) is -0.711. The number of carbonyl (C=O) groups is 2. The second kappa shape index (κ2) is 9.12. The van der Waals surface area contributed by atoms with E-state index in [2.05, 4.69) is 0 Å². The van der Waals surface area contributed by atoms with E-state index < -0.39 is 11.9 Å². The zero-order chi connectivity index (χ0) is 18.1. The van der Waals surface area contributed by atoms with Gasteiger partial charge in [0.2, 0.25) is 0 Å². The van der Waals surface area contributed by atoms with Gasteiger partial charge in [-0.25, -0.2) is 9.59 Å². The van der Waals surface area contributed by atoms with E-state index in [1.807, 2.05) is 0 Å². The second-order valence-corrected chi connectivity index (χ2v) is 4.93. The molecule has 0 bridgehead atoms. The van der Waals surface area contributed by atoms with Crippen LogP contribution in [-0.2, 0) is 14.3 Å². The number of carbonyl (C=O) groups excluding carboxylic acids is 2. The van der Waals surface area contributed by atoms with Crippen LogP contribution in [-0.4, -0.2) is 37.4 Å².